The molecule has 0 saturated carbocycles. The van der Waals surface area contributed by atoms with E-state index in [0.29, 0.717) is 12.8 Å². The monoisotopic (exact) mass is 204 g/mol. The highest BCUT2D eigenvalue weighted by Crippen LogP contribution is 2.40. The van der Waals surface area contributed by atoms with Crippen molar-refractivity contribution in [3.63, 3.8) is 0 Å². The van der Waals surface area contributed by atoms with Gasteiger partial charge in [0.1, 0.15) is 0 Å². The Kier molecular flexibility index (Phi) is 2.31. The zero-order valence-corrected chi connectivity index (χ0v) is 8.36. The predicted molar refractivity (Wildman–Crippen MR) is 54.7 cm³/mol. The Morgan fingerprint density at radius 3 is 1.73 bits per heavy atom. The number of fused-ring (bicyclic) bond motifs is 1. The standard InChI is InChI=1S/C12H12O3/c1-3-7-5-9-10(6-8(7)4-2)12(14)15-11(9)13/h3-4,9-10H,1-2,5-6H2. The molecule has 1 heterocycles. The molecule has 1 saturated heterocycles. The van der Waals surface area contributed by atoms with E-state index in [2.05, 4.69) is 17.9 Å². The van der Waals surface area contributed by atoms with E-state index in [9.17, 15) is 9.59 Å². The molecule has 1 aliphatic heterocycles. The molecule has 0 radical (unpaired) electrons. The van der Waals surface area contributed by atoms with Gasteiger partial charge in [0.05, 0.1) is 11.8 Å². The zero-order chi connectivity index (χ0) is 11.0. The molecule has 3 heteroatoms. The highest BCUT2D eigenvalue weighted by molar-refractivity contribution is 5.97. The van der Waals surface area contributed by atoms with Gasteiger partial charge in [-0.3, -0.25) is 9.59 Å². The van der Waals surface area contributed by atoms with Gasteiger partial charge in [-0.05, 0) is 24.0 Å². The van der Waals surface area contributed by atoms with Crippen LogP contribution in [0.1, 0.15) is 12.8 Å². The maximum atomic E-state index is 11.3. The maximum absolute atomic E-state index is 11.3. The van der Waals surface area contributed by atoms with Crippen LogP contribution in [0.25, 0.3) is 0 Å². The molecule has 0 bridgehead atoms. The van der Waals surface area contributed by atoms with Crippen LogP contribution in [-0.4, -0.2) is 11.9 Å². The van der Waals surface area contributed by atoms with E-state index < -0.39 is 11.9 Å². The molecule has 0 spiro atoms. The summed E-state index contributed by atoms with van der Waals surface area (Å²) >= 11 is 0. The molecule has 1 fully saturated rings. The fourth-order valence-corrected chi connectivity index (χ4v) is 2.20. The lowest BCUT2D eigenvalue weighted by Crippen LogP contribution is -2.23. The largest absolute Gasteiger partial charge is 0.393 e. The normalized spacial score (nSPS) is 29.9. The van der Waals surface area contributed by atoms with Gasteiger partial charge >= 0.3 is 11.9 Å². The van der Waals surface area contributed by atoms with Crippen LogP contribution >= 0.6 is 0 Å². The predicted octanol–water partition coefficient (Wildman–Crippen LogP) is 1.76. The number of esters is 2. The van der Waals surface area contributed by atoms with Gasteiger partial charge in [0, 0.05) is 0 Å². The van der Waals surface area contributed by atoms with Gasteiger partial charge in [-0.25, -0.2) is 0 Å². The minimum Gasteiger partial charge on any atom is -0.393 e. The second kappa shape index (κ2) is 3.50. The van der Waals surface area contributed by atoms with Crippen LogP contribution in [-0.2, 0) is 14.3 Å². The van der Waals surface area contributed by atoms with Crippen LogP contribution in [0.2, 0.25) is 0 Å². The summed E-state index contributed by atoms with van der Waals surface area (Å²) in [5.41, 5.74) is 2.00. The van der Waals surface area contributed by atoms with E-state index in [1.807, 2.05) is 0 Å². The number of cyclic esters (lactones) is 2. The first-order chi connectivity index (χ1) is 7.17. The number of carbonyl (C=O) groups excluding carboxylic acids is 2. The number of ether oxygens (including phenoxy) is 1. The highest BCUT2D eigenvalue weighted by atomic mass is 16.6. The van der Waals surface area contributed by atoms with Gasteiger partial charge in [0.2, 0.25) is 0 Å². The Labute approximate surface area is 88.1 Å². The molecule has 2 unspecified atom stereocenters. The Balaban J connectivity index is 2.36. The molecule has 1 aliphatic carbocycles. The molecule has 0 N–H and O–H groups in total. The van der Waals surface area contributed by atoms with Crippen LogP contribution in [0, 0.1) is 11.8 Å². The van der Waals surface area contributed by atoms with Crippen LogP contribution in [0.4, 0.5) is 0 Å². The van der Waals surface area contributed by atoms with Crippen LogP contribution in [0.5, 0.6) is 0 Å². The first-order valence-corrected chi connectivity index (χ1v) is 4.89. The maximum Gasteiger partial charge on any atom is 0.317 e. The first-order valence-electron chi connectivity index (χ1n) is 4.89. The molecule has 3 nitrogen and oxygen atoms in total. The molecule has 0 aromatic heterocycles. The van der Waals surface area contributed by atoms with Crippen molar-refractivity contribution in [1.29, 1.82) is 0 Å². The van der Waals surface area contributed by atoms with E-state index in [1.54, 1.807) is 12.2 Å². The second-order valence-corrected chi connectivity index (χ2v) is 3.82. The van der Waals surface area contributed by atoms with Crippen molar-refractivity contribution in [2.24, 2.45) is 11.8 Å². The molecule has 2 rings (SSSR count). The topological polar surface area (TPSA) is 43.4 Å². The summed E-state index contributed by atoms with van der Waals surface area (Å²) in [6.07, 6.45) is 4.53. The zero-order valence-electron chi connectivity index (χ0n) is 8.36. The molecular weight excluding hydrogens is 192 g/mol. The molecular formula is C12H12O3. The third-order valence-corrected chi connectivity index (χ3v) is 3.08. The van der Waals surface area contributed by atoms with Crippen molar-refractivity contribution in [2.75, 3.05) is 0 Å². The molecule has 2 atom stereocenters. The molecule has 0 aromatic carbocycles. The fourth-order valence-electron chi connectivity index (χ4n) is 2.20. The Hall–Kier alpha value is -1.64. The van der Waals surface area contributed by atoms with Crippen molar-refractivity contribution < 1.29 is 14.3 Å². The van der Waals surface area contributed by atoms with Crippen LogP contribution in [0.3, 0.4) is 0 Å². The molecule has 2 aliphatic rings. The van der Waals surface area contributed by atoms with E-state index >= 15 is 0 Å². The lowest BCUT2D eigenvalue weighted by Gasteiger charge is -2.22. The van der Waals surface area contributed by atoms with Crippen molar-refractivity contribution in [1.82, 2.24) is 0 Å². The third kappa shape index (κ3) is 1.44. The number of carbonyl (C=O) groups is 2. The summed E-state index contributed by atoms with van der Waals surface area (Å²) in [5, 5.41) is 0. The summed E-state index contributed by atoms with van der Waals surface area (Å²) in [7, 11) is 0. The van der Waals surface area contributed by atoms with Gasteiger partial charge in [-0.2, -0.15) is 0 Å². The van der Waals surface area contributed by atoms with Crippen molar-refractivity contribution in [3.05, 3.63) is 36.5 Å². The van der Waals surface area contributed by atoms with Crippen LogP contribution < -0.4 is 0 Å². The van der Waals surface area contributed by atoms with Gasteiger partial charge in [-0.15, -0.1) is 0 Å². The fraction of sp³-hybridized carbons (Fsp3) is 0.333. The quantitative estimate of drug-likeness (QED) is 0.508. The molecule has 15 heavy (non-hydrogen) atoms. The van der Waals surface area contributed by atoms with Crippen molar-refractivity contribution in [3.8, 4) is 0 Å². The Morgan fingerprint density at radius 2 is 1.40 bits per heavy atom. The van der Waals surface area contributed by atoms with E-state index in [4.69, 9.17) is 0 Å². The summed E-state index contributed by atoms with van der Waals surface area (Å²) in [6.45, 7) is 7.40. The summed E-state index contributed by atoms with van der Waals surface area (Å²) in [4.78, 5) is 22.7. The third-order valence-electron chi connectivity index (χ3n) is 3.08. The van der Waals surface area contributed by atoms with E-state index in [1.165, 1.54) is 0 Å². The average molecular weight is 204 g/mol. The van der Waals surface area contributed by atoms with Gasteiger partial charge in [0.25, 0.3) is 0 Å². The van der Waals surface area contributed by atoms with Gasteiger partial charge < -0.3 is 4.74 Å². The Morgan fingerprint density at radius 1 is 1.00 bits per heavy atom. The molecule has 0 aromatic rings. The number of hydrogen-bond acceptors (Lipinski definition) is 3. The number of allylic oxidation sites excluding steroid dienone is 4. The molecule has 78 valence electrons. The first kappa shape index (κ1) is 9.90. The van der Waals surface area contributed by atoms with Gasteiger partial charge in [-0.1, -0.05) is 25.3 Å². The summed E-state index contributed by atoms with van der Waals surface area (Å²) in [6, 6.07) is 0. The van der Waals surface area contributed by atoms with Crippen LogP contribution in [0.15, 0.2) is 36.5 Å². The number of rotatable bonds is 2. The van der Waals surface area contributed by atoms with E-state index in [-0.39, 0.29) is 11.8 Å². The van der Waals surface area contributed by atoms with Gasteiger partial charge in [0.15, 0.2) is 0 Å². The molecule has 0 amide bonds. The lowest BCUT2D eigenvalue weighted by molar-refractivity contribution is -0.153. The van der Waals surface area contributed by atoms with E-state index in [0.717, 1.165) is 11.1 Å². The highest BCUT2D eigenvalue weighted by Gasteiger charge is 2.46. The average Bonchev–Trinajstić information content (AvgIpc) is 2.52. The second-order valence-electron chi connectivity index (χ2n) is 3.82. The number of hydrogen-bond donors (Lipinski definition) is 0. The smallest absolute Gasteiger partial charge is 0.317 e. The van der Waals surface area contributed by atoms with Crippen molar-refractivity contribution in [2.45, 2.75) is 12.8 Å². The minimum absolute atomic E-state index is 0.311. The summed E-state index contributed by atoms with van der Waals surface area (Å²) in [5.74, 6) is -1.41. The lowest BCUT2D eigenvalue weighted by atomic mass is 9.77. The SMILES string of the molecule is C=CC1=C(C=C)CC2C(=O)OC(=O)C2C1. The van der Waals surface area contributed by atoms with Crippen molar-refractivity contribution >= 4 is 11.9 Å². The Bertz CT molecular complexity index is 354. The summed E-state index contributed by atoms with van der Waals surface area (Å²) < 4.78 is 4.62. The minimum atomic E-state index is -0.396.